The molecule has 0 aliphatic carbocycles. The van der Waals surface area contributed by atoms with Gasteiger partial charge in [-0.05, 0) is 43.3 Å². The first-order valence-electron chi connectivity index (χ1n) is 8.58. The molecule has 26 heavy (non-hydrogen) atoms. The molecule has 1 atom stereocenters. The van der Waals surface area contributed by atoms with E-state index < -0.39 is 17.9 Å². The Morgan fingerprint density at radius 1 is 1.19 bits per heavy atom. The van der Waals surface area contributed by atoms with E-state index in [0.29, 0.717) is 24.2 Å². The monoisotopic (exact) mass is 360 g/mol. The van der Waals surface area contributed by atoms with E-state index in [4.69, 9.17) is 4.74 Å². The van der Waals surface area contributed by atoms with Gasteiger partial charge in [0.2, 0.25) is 0 Å². The zero-order valence-corrected chi connectivity index (χ0v) is 14.6. The van der Waals surface area contributed by atoms with Gasteiger partial charge in [0, 0.05) is 5.69 Å². The van der Waals surface area contributed by atoms with E-state index in [-0.39, 0.29) is 13.2 Å². The lowest BCUT2D eigenvalue weighted by molar-refractivity contribution is -0.0765. The van der Waals surface area contributed by atoms with Gasteiger partial charge in [-0.15, -0.1) is 0 Å². The van der Waals surface area contributed by atoms with E-state index in [0.717, 1.165) is 5.56 Å². The average molecular weight is 360 g/mol. The third kappa shape index (κ3) is 4.58. The Hall–Kier alpha value is -2.47. The predicted molar refractivity (Wildman–Crippen MR) is 96.5 cm³/mol. The van der Waals surface area contributed by atoms with E-state index in [1.807, 2.05) is 30.3 Å². The molecule has 1 unspecified atom stereocenters. The van der Waals surface area contributed by atoms with Gasteiger partial charge in [0.1, 0.15) is 6.61 Å². The van der Waals surface area contributed by atoms with Crippen LogP contribution < -0.4 is 5.32 Å². The van der Waals surface area contributed by atoms with Gasteiger partial charge in [-0.25, -0.2) is 13.6 Å². The number of likely N-dealkylation sites (tertiary alicyclic amines) is 1. The van der Waals surface area contributed by atoms with Gasteiger partial charge in [0.15, 0.2) is 0 Å². The van der Waals surface area contributed by atoms with Crippen LogP contribution in [0.25, 0.3) is 0 Å². The molecule has 6 heteroatoms. The van der Waals surface area contributed by atoms with Crippen LogP contribution in [-0.2, 0) is 11.3 Å². The Morgan fingerprint density at radius 2 is 1.88 bits per heavy atom. The second-order valence-corrected chi connectivity index (χ2v) is 6.65. The van der Waals surface area contributed by atoms with Gasteiger partial charge < -0.3 is 9.64 Å². The van der Waals surface area contributed by atoms with Crippen LogP contribution in [0.1, 0.15) is 23.5 Å². The molecule has 138 valence electrons. The molecule has 0 aromatic heterocycles. The molecule has 1 aliphatic rings. The molecule has 1 N–H and O–H groups in total. The van der Waals surface area contributed by atoms with E-state index in [9.17, 15) is 13.6 Å². The van der Waals surface area contributed by atoms with E-state index >= 15 is 0 Å². The number of halogens is 2. The molecule has 1 fully saturated rings. The highest BCUT2D eigenvalue weighted by molar-refractivity contribution is 5.84. The number of hydrogen-bond donors (Lipinski definition) is 1. The van der Waals surface area contributed by atoms with Gasteiger partial charge in [-0.1, -0.05) is 42.5 Å². The van der Waals surface area contributed by atoms with Crippen LogP contribution in [-0.4, -0.2) is 37.1 Å². The van der Waals surface area contributed by atoms with Gasteiger partial charge in [0.05, 0.1) is 12.5 Å². The fourth-order valence-electron chi connectivity index (χ4n) is 3.20. The summed E-state index contributed by atoms with van der Waals surface area (Å²) in [4.78, 5) is 13.5. The molecule has 0 bridgehead atoms. The van der Waals surface area contributed by atoms with Crippen molar-refractivity contribution in [3.05, 3.63) is 65.7 Å². The molecule has 0 radical (unpaired) electrons. The van der Waals surface area contributed by atoms with Crippen LogP contribution in [0, 0.1) is 0 Å². The van der Waals surface area contributed by atoms with Crippen molar-refractivity contribution in [3.8, 4) is 0 Å². The summed E-state index contributed by atoms with van der Waals surface area (Å²) in [6.07, 6.45) is -0.165. The maximum atomic E-state index is 14.2. The molecule has 1 heterocycles. The maximum absolute atomic E-state index is 14.2. The first-order chi connectivity index (χ1) is 12.4. The Kier molecular flexibility index (Phi) is 5.52. The minimum absolute atomic E-state index is 0.173. The topological polar surface area (TPSA) is 41.6 Å². The number of alkyl halides is 2. The molecule has 2 aromatic rings. The number of carbonyl (C=O) groups is 1. The SMILES string of the molecule is CN1CCC(c2ccc(NC(=O)OCc3ccccc3)cc2)C(F)(F)C1. The lowest BCUT2D eigenvalue weighted by Crippen LogP contribution is -2.45. The van der Waals surface area contributed by atoms with Crippen LogP contribution in [0.5, 0.6) is 0 Å². The highest BCUT2D eigenvalue weighted by Gasteiger charge is 2.44. The van der Waals surface area contributed by atoms with Crippen LogP contribution in [0.15, 0.2) is 54.6 Å². The molecular formula is C20H22F2N2O2. The Morgan fingerprint density at radius 3 is 2.54 bits per heavy atom. The maximum Gasteiger partial charge on any atom is 0.411 e. The quantitative estimate of drug-likeness (QED) is 0.873. The highest BCUT2D eigenvalue weighted by Crippen LogP contribution is 2.40. The summed E-state index contributed by atoms with van der Waals surface area (Å²) in [7, 11) is 1.71. The lowest BCUT2D eigenvalue weighted by atomic mass is 9.86. The summed E-state index contributed by atoms with van der Waals surface area (Å²) in [5.41, 5.74) is 2.00. The largest absolute Gasteiger partial charge is 0.444 e. The molecule has 4 nitrogen and oxygen atoms in total. The molecule has 2 aromatic carbocycles. The van der Waals surface area contributed by atoms with Gasteiger partial charge in [-0.2, -0.15) is 0 Å². The standard InChI is InChI=1S/C20H22F2N2O2/c1-24-12-11-18(20(21,22)14-24)16-7-9-17(10-8-16)23-19(25)26-13-15-5-3-2-4-6-15/h2-10,18H,11-14H2,1H3,(H,23,25). The smallest absolute Gasteiger partial charge is 0.411 e. The van der Waals surface area contributed by atoms with Crippen molar-refractivity contribution >= 4 is 11.8 Å². The van der Waals surface area contributed by atoms with Crippen LogP contribution in [0.3, 0.4) is 0 Å². The van der Waals surface area contributed by atoms with Crippen molar-refractivity contribution in [1.29, 1.82) is 0 Å². The number of hydrogen-bond acceptors (Lipinski definition) is 3. The van der Waals surface area contributed by atoms with E-state index in [1.54, 1.807) is 36.2 Å². The zero-order chi connectivity index (χ0) is 18.6. The summed E-state index contributed by atoms with van der Waals surface area (Å²) in [5.74, 6) is -3.55. The minimum Gasteiger partial charge on any atom is -0.444 e. The third-order valence-electron chi connectivity index (χ3n) is 4.56. The number of ether oxygens (including phenoxy) is 1. The summed E-state index contributed by atoms with van der Waals surface area (Å²) in [6, 6.07) is 15.9. The van der Waals surface area contributed by atoms with Gasteiger partial charge >= 0.3 is 6.09 Å². The number of rotatable bonds is 4. The molecular weight excluding hydrogens is 338 g/mol. The second kappa shape index (κ2) is 7.83. The van der Waals surface area contributed by atoms with Gasteiger partial charge in [-0.3, -0.25) is 5.32 Å². The van der Waals surface area contributed by atoms with Crippen molar-refractivity contribution in [1.82, 2.24) is 4.90 Å². The predicted octanol–water partition coefficient (Wildman–Crippen LogP) is 4.49. The zero-order valence-electron chi connectivity index (χ0n) is 14.6. The van der Waals surface area contributed by atoms with Crippen molar-refractivity contribution in [2.24, 2.45) is 0 Å². The van der Waals surface area contributed by atoms with Crippen LogP contribution in [0.2, 0.25) is 0 Å². The number of amides is 1. The minimum atomic E-state index is -2.75. The number of anilines is 1. The average Bonchev–Trinajstić information content (AvgIpc) is 2.61. The van der Waals surface area contributed by atoms with E-state index in [2.05, 4.69) is 5.32 Å². The van der Waals surface area contributed by atoms with Crippen LogP contribution in [0.4, 0.5) is 19.3 Å². The number of carbonyl (C=O) groups excluding carboxylic acids is 1. The fraction of sp³-hybridized carbons (Fsp3) is 0.350. The second-order valence-electron chi connectivity index (χ2n) is 6.65. The number of benzene rings is 2. The number of piperidine rings is 1. The summed E-state index contributed by atoms with van der Waals surface area (Å²) in [6.45, 7) is 0.585. The highest BCUT2D eigenvalue weighted by atomic mass is 19.3. The molecule has 1 amide bonds. The summed E-state index contributed by atoms with van der Waals surface area (Å²) >= 11 is 0. The molecule has 1 aliphatic heterocycles. The Balaban J connectivity index is 1.56. The Bertz CT molecular complexity index is 735. The third-order valence-corrected chi connectivity index (χ3v) is 4.56. The number of nitrogens with zero attached hydrogens (tertiary/aromatic N) is 1. The van der Waals surface area contributed by atoms with Crippen LogP contribution >= 0.6 is 0 Å². The van der Waals surface area contributed by atoms with Crippen molar-refractivity contribution in [2.75, 3.05) is 25.5 Å². The lowest BCUT2D eigenvalue weighted by Gasteiger charge is -2.36. The molecule has 1 saturated heterocycles. The van der Waals surface area contributed by atoms with Crippen molar-refractivity contribution < 1.29 is 18.3 Å². The first-order valence-corrected chi connectivity index (χ1v) is 8.58. The number of nitrogens with one attached hydrogen (secondary N) is 1. The molecule has 0 spiro atoms. The summed E-state index contributed by atoms with van der Waals surface area (Å²) in [5, 5.41) is 2.61. The Labute approximate surface area is 151 Å². The fourth-order valence-corrected chi connectivity index (χ4v) is 3.20. The van der Waals surface area contributed by atoms with Crippen molar-refractivity contribution in [3.63, 3.8) is 0 Å². The normalized spacial score (nSPS) is 19.7. The molecule has 0 saturated carbocycles. The van der Waals surface area contributed by atoms with Crippen molar-refractivity contribution in [2.45, 2.75) is 24.9 Å². The summed E-state index contributed by atoms with van der Waals surface area (Å²) < 4.78 is 33.6. The van der Waals surface area contributed by atoms with Gasteiger partial charge in [0.25, 0.3) is 5.92 Å². The van der Waals surface area contributed by atoms with E-state index in [1.165, 1.54) is 0 Å². The first kappa shape index (κ1) is 18.3. The molecule has 3 rings (SSSR count).